The van der Waals surface area contributed by atoms with Crippen LogP contribution in [-0.4, -0.2) is 29.9 Å². The molecule has 116 valence electrons. The Balaban J connectivity index is 1.98. The lowest BCUT2D eigenvalue weighted by Crippen LogP contribution is -2.47. The molecule has 21 heavy (non-hydrogen) atoms. The SMILES string of the molecule is CCC(C(=O)Nc1ccc(N)cc1)N(C)C1CCCCC1. The van der Waals surface area contributed by atoms with Crippen LogP contribution in [0.25, 0.3) is 0 Å². The third-order valence-corrected chi connectivity index (χ3v) is 4.51. The van der Waals surface area contributed by atoms with Crippen LogP contribution >= 0.6 is 0 Å². The summed E-state index contributed by atoms with van der Waals surface area (Å²) in [5.41, 5.74) is 7.19. The van der Waals surface area contributed by atoms with Gasteiger partial charge in [-0.25, -0.2) is 0 Å². The van der Waals surface area contributed by atoms with E-state index in [0.717, 1.165) is 12.1 Å². The summed E-state index contributed by atoms with van der Waals surface area (Å²) in [6, 6.07) is 7.79. The number of carbonyl (C=O) groups excluding carboxylic acids is 1. The Kier molecular flexibility index (Phi) is 5.62. The number of nitrogens with zero attached hydrogens (tertiary/aromatic N) is 1. The van der Waals surface area contributed by atoms with Gasteiger partial charge in [0.15, 0.2) is 0 Å². The van der Waals surface area contributed by atoms with Crippen molar-refractivity contribution in [2.24, 2.45) is 0 Å². The van der Waals surface area contributed by atoms with Gasteiger partial charge in [0.2, 0.25) is 5.91 Å². The van der Waals surface area contributed by atoms with E-state index in [4.69, 9.17) is 5.73 Å². The summed E-state index contributed by atoms with van der Waals surface area (Å²) in [5.74, 6) is 0.0790. The molecule has 1 aromatic rings. The molecule has 0 heterocycles. The maximum absolute atomic E-state index is 12.5. The highest BCUT2D eigenvalue weighted by atomic mass is 16.2. The summed E-state index contributed by atoms with van der Waals surface area (Å²) in [4.78, 5) is 14.8. The molecule has 0 aliphatic heterocycles. The number of anilines is 2. The number of nitrogens with two attached hydrogens (primary N) is 1. The van der Waals surface area contributed by atoms with Gasteiger partial charge in [-0.05, 0) is 50.6 Å². The van der Waals surface area contributed by atoms with Crippen molar-refractivity contribution >= 4 is 17.3 Å². The van der Waals surface area contributed by atoms with Crippen LogP contribution in [0.15, 0.2) is 24.3 Å². The van der Waals surface area contributed by atoms with Crippen LogP contribution in [0.3, 0.4) is 0 Å². The number of amides is 1. The Morgan fingerprint density at radius 2 is 1.90 bits per heavy atom. The lowest BCUT2D eigenvalue weighted by molar-refractivity contribution is -0.122. The summed E-state index contributed by atoms with van der Waals surface area (Å²) in [6.45, 7) is 2.08. The molecule has 0 saturated heterocycles. The van der Waals surface area contributed by atoms with E-state index in [1.807, 2.05) is 12.1 Å². The average Bonchev–Trinajstić information content (AvgIpc) is 2.51. The largest absolute Gasteiger partial charge is 0.399 e. The number of hydrogen-bond acceptors (Lipinski definition) is 3. The van der Waals surface area contributed by atoms with Crippen molar-refractivity contribution < 1.29 is 4.79 Å². The van der Waals surface area contributed by atoms with Gasteiger partial charge in [-0.3, -0.25) is 9.69 Å². The molecule has 1 atom stereocenters. The molecule has 1 aliphatic carbocycles. The molecule has 1 fully saturated rings. The third kappa shape index (κ3) is 4.21. The molecular weight excluding hydrogens is 262 g/mol. The molecular formula is C17H27N3O. The highest BCUT2D eigenvalue weighted by molar-refractivity contribution is 5.94. The van der Waals surface area contributed by atoms with E-state index in [1.165, 1.54) is 32.1 Å². The maximum atomic E-state index is 12.5. The fourth-order valence-corrected chi connectivity index (χ4v) is 3.19. The lowest BCUT2D eigenvalue weighted by atomic mass is 9.93. The van der Waals surface area contributed by atoms with E-state index in [0.29, 0.717) is 11.7 Å². The zero-order valence-electron chi connectivity index (χ0n) is 13.1. The van der Waals surface area contributed by atoms with Crippen LogP contribution in [0, 0.1) is 0 Å². The molecule has 3 N–H and O–H groups in total. The predicted octanol–water partition coefficient (Wildman–Crippen LogP) is 3.25. The Morgan fingerprint density at radius 3 is 2.48 bits per heavy atom. The number of rotatable bonds is 5. The number of carbonyl (C=O) groups is 1. The van der Waals surface area contributed by atoms with E-state index in [9.17, 15) is 4.79 Å². The topological polar surface area (TPSA) is 58.4 Å². The molecule has 2 rings (SSSR count). The molecule has 1 saturated carbocycles. The summed E-state index contributed by atoms with van der Waals surface area (Å²) in [5, 5.41) is 3.00. The zero-order valence-corrected chi connectivity index (χ0v) is 13.1. The Labute approximate surface area is 127 Å². The highest BCUT2D eigenvalue weighted by Crippen LogP contribution is 2.24. The van der Waals surface area contributed by atoms with Gasteiger partial charge in [0.25, 0.3) is 0 Å². The molecule has 0 spiro atoms. The molecule has 4 nitrogen and oxygen atoms in total. The van der Waals surface area contributed by atoms with Crippen molar-refractivity contribution in [3.8, 4) is 0 Å². The van der Waals surface area contributed by atoms with E-state index < -0.39 is 0 Å². The van der Waals surface area contributed by atoms with Crippen molar-refractivity contribution in [3.63, 3.8) is 0 Å². The van der Waals surface area contributed by atoms with Crippen molar-refractivity contribution in [3.05, 3.63) is 24.3 Å². The maximum Gasteiger partial charge on any atom is 0.241 e. The number of benzene rings is 1. The number of nitrogen functional groups attached to an aromatic ring is 1. The van der Waals surface area contributed by atoms with Crippen molar-refractivity contribution in [2.75, 3.05) is 18.1 Å². The van der Waals surface area contributed by atoms with Gasteiger partial charge in [-0.15, -0.1) is 0 Å². The molecule has 1 aliphatic rings. The van der Waals surface area contributed by atoms with Crippen molar-refractivity contribution in [2.45, 2.75) is 57.5 Å². The molecule has 1 unspecified atom stereocenters. The van der Waals surface area contributed by atoms with Gasteiger partial charge < -0.3 is 11.1 Å². The lowest BCUT2D eigenvalue weighted by Gasteiger charge is -2.36. The molecule has 4 heteroatoms. The number of hydrogen-bond donors (Lipinski definition) is 2. The molecule has 0 radical (unpaired) electrons. The second-order valence-electron chi connectivity index (χ2n) is 5.99. The van der Waals surface area contributed by atoms with Crippen LogP contribution in [0.4, 0.5) is 11.4 Å². The van der Waals surface area contributed by atoms with E-state index in [2.05, 4.69) is 24.2 Å². The van der Waals surface area contributed by atoms with Crippen LogP contribution in [0.5, 0.6) is 0 Å². The summed E-state index contributed by atoms with van der Waals surface area (Å²) < 4.78 is 0. The Hall–Kier alpha value is -1.55. The highest BCUT2D eigenvalue weighted by Gasteiger charge is 2.28. The zero-order chi connectivity index (χ0) is 15.2. The second-order valence-corrected chi connectivity index (χ2v) is 5.99. The summed E-state index contributed by atoms with van der Waals surface area (Å²) >= 11 is 0. The van der Waals surface area contributed by atoms with Gasteiger partial charge in [0, 0.05) is 17.4 Å². The molecule has 1 amide bonds. The van der Waals surface area contributed by atoms with E-state index in [-0.39, 0.29) is 11.9 Å². The van der Waals surface area contributed by atoms with Gasteiger partial charge in [0.05, 0.1) is 6.04 Å². The monoisotopic (exact) mass is 289 g/mol. The number of likely N-dealkylation sites (N-methyl/N-ethyl adjacent to an activating group) is 1. The van der Waals surface area contributed by atoms with E-state index in [1.54, 1.807) is 12.1 Å². The fourth-order valence-electron chi connectivity index (χ4n) is 3.19. The summed E-state index contributed by atoms with van der Waals surface area (Å²) in [6.07, 6.45) is 7.15. The van der Waals surface area contributed by atoms with Gasteiger partial charge >= 0.3 is 0 Å². The van der Waals surface area contributed by atoms with Gasteiger partial charge in [-0.1, -0.05) is 26.2 Å². The van der Waals surface area contributed by atoms with Gasteiger partial charge in [-0.2, -0.15) is 0 Å². The normalized spacial score (nSPS) is 17.7. The summed E-state index contributed by atoms with van der Waals surface area (Å²) in [7, 11) is 2.09. The first-order chi connectivity index (χ1) is 10.1. The average molecular weight is 289 g/mol. The van der Waals surface area contributed by atoms with Gasteiger partial charge in [0.1, 0.15) is 0 Å². The quantitative estimate of drug-likeness (QED) is 0.818. The van der Waals surface area contributed by atoms with Crippen LogP contribution in [0.1, 0.15) is 45.4 Å². The van der Waals surface area contributed by atoms with Crippen molar-refractivity contribution in [1.29, 1.82) is 0 Å². The Morgan fingerprint density at radius 1 is 1.29 bits per heavy atom. The second kappa shape index (κ2) is 7.46. The van der Waals surface area contributed by atoms with E-state index >= 15 is 0 Å². The van der Waals surface area contributed by atoms with Crippen LogP contribution in [0.2, 0.25) is 0 Å². The van der Waals surface area contributed by atoms with Crippen LogP contribution in [-0.2, 0) is 4.79 Å². The number of nitrogens with one attached hydrogen (secondary N) is 1. The molecule has 0 bridgehead atoms. The minimum atomic E-state index is -0.0642. The minimum Gasteiger partial charge on any atom is -0.399 e. The van der Waals surface area contributed by atoms with Crippen LogP contribution < -0.4 is 11.1 Å². The first kappa shape index (κ1) is 15.8. The Bertz CT molecular complexity index is 452. The first-order valence-corrected chi connectivity index (χ1v) is 8.00. The predicted molar refractivity (Wildman–Crippen MR) is 88.2 cm³/mol. The molecule has 0 aromatic heterocycles. The third-order valence-electron chi connectivity index (χ3n) is 4.51. The molecule has 1 aromatic carbocycles. The smallest absolute Gasteiger partial charge is 0.241 e. The standard InChI is InChI=1S/C17H27N3O/c1-3-16(20(2)15-7-5-4-6-8-15)17(21)19-14-11-9-13(18)10-12-14/h9-12,15-16H,3-8,18H2,1-2H3,(H,19,21). The fraction of sp³-hybridized carbons (Fsp3) is 0.588. The minimum absolute atomic E-state index is 0.0642. The van der Waals surface area contributed by atoms with Crippen molar-refractivity contribution in [1.82, 2.24) is 4.90 Å². The first-order valence-electron chi connectivity index (χ1n) is 8.00.